The van der Waals surface area contributed by atoms with Crippen LogP contribution in [0.4, 0.5) is 0 Å². The number of allylic oxidation sites excluding steroid dienone is 2. The normalized spacial score (nSPS) is 29.1. The quantitative estimate of drug-likeness (QED) is 0.271. The van der Waals surface area contributed by atoms with Gasteiger partial charge in [-0.05, 0) is 44.8 Å². The highest BCUT2D eigenvalue weighted by atomic mass is 16.6. The SMILES string of the molecule is O=C1OC(=O)C2C3C=CC(c4cc5cc6ccccc6cc5cc43)C12. The molecule has 0 aromatic heterocycles. The average molecular weight is 326 g/mol. The first-order valence-electron chi connectivity index (χ1n) is 8.61. The summed E-state index contributed by atoms with van der Waals surface area (Å²) in [5, 5.41) is 4.76. The number of carbonyl (C=O) groups is 2. The fourth-order valence-corrected chi connectivity index (χ4v) is 4.95. The second-order valence-electron chi connectivity index (χ2n) is 7.26. The smallest absolute Gasteiger partial charge is 0.318 e. The number of ether oxygens (including phenoxy) is 1. The lowest BCUT2D eigenvalue weighted by Gasteiger charge is -2.39. The van der Waals surface area contributed by atoms with Crippen molar-refractivity contribution >= 4 is 33.5 Å². The Morgan fingerprint density at radius 1 is 0.640 bits per heavy atom. The Kier molecular flexibility index (Phi) is 2.33. The van der Waals surface area contributed by atoms with Gasteiger partial charge in [-0.15, -0.1) is 0 Å². The van der Waals surface area contributed by atoms with Gasteiger partial charge in [-0.2, -0.15) is 0 Å². The van der Waals surface area contributed by atoms with Crippen LogP contribution in [0.15, 0.2) is 60.7 Å². The van der Waals surface area contributed by atoms with E-state index >= 15 is 0 Å². The molecule has 4 atom stereocenters. The molecule has 3 aromatic carbocycles. The summed E-state index contributed by atoms with van der Waals surface area (Å²) in [6, 6.07) is 17.1. The molecule has 7 rings (SSSR count). The van der Waals surface area contributed by atoms with Crippen LogP contribution < -0.4 is 0 Å². The van der Waals surface area contributed by atoms with Crippen molar-refractivity contribution < 1.29 is 14.3 Å². The van der Waals surface area contributed by atoms with E-state index in [1.165, 1.54) is 32.7 Å². The van der Waals surface area contributed by atoms with Gasteiger partial charge in [0.15, 0.2) is 0 Å². The molecule has 0 N–H and O–H groups in total. The molecule has 3 aliphatic carbocycles. The Morgan fingerprint density at radius 2 is 1.12 bits per heavy atom. The molecule has 3 heteroatoms. The molecule has 0 radical (unpaired) electrons. The first kappa shape index (κ1) is 13.4. The summed E-state index contributed by atoms with van der Waals surface area (Å²) in [7, 11) is 0. The highest BCUT2D eigenvalue weighted by Crippen LogP contribution is 2.55. The number of cyclic esters (lactones) is 2. The maximum Gasteiger partial charge on any atom is 0.318 e. The molecule has 1 saturated heterocycles. The summed E-state index contributed by atoms with van der Waals surface area (Å²) in [4.78, 5) is 24.4. The maximum atomic E-state index is 12.2. The fraction of sp³-hybridized carbons (Fsp3) is 0.182. The molecule has 0 saturated carbocycles. The van der Waals surface area contributed by atoms with Crippen LogP contribution in [0.25, 0.3) is 21.5 Å². The van der Waals surface area contributed by atoms with Crippen molar-refractivity contribution in [3.8, 4) is 0 Å². The van der Waals surface area contributed by atoms with Crippen molar-refractivity contribution in [2.24, 2.45) is 11.8 Å². The third kappa shape index (κ3) is 1.60. The van der Waals surface area contributed by atoms with Gasteiger partial charge >= 0.3 is 11.9 Å². The van der Waals surface area contributed by atoms with Crippen molar-refractivity contribution in [3.63, 3.8) is 0 Å². The van der Waals surface area contributed by atoms with Gasteiger partial charge in [-0.3, -0.25) is 9.59 Å². The second-order valence-corrected chi connectivity index (χ2v) is 7.26. The predicted molar refractivity (Wildman–Crippen MR) is 94.2 cm³/mol. The van der Waals surface area contributed by atoms with Crippen molar-refractivity contribution in [2.45, 2.75) is 11.8 Å². The van der Waals surface area contributed by atoms with E-state index in [0.29, 0.717) is 0 Å². The van der Waals surface area contributed by atoms with E-state index in [2.05, 4.69) is 48.6 Å². The van der Waals surface area contributed by atoms with Crippen LogP contribution in [0.3, 0.4) is 0 Å². The van der Waals surface area contributed by atoms with Crippen LogP contribution >= 0.6 is 0 Å². The molecule has 4 aliphatic rings. The minimum atomic E-state index is -0.362. The van der Waals surface area contributed by atoms with Gasteiger partial charge in [0.1, 0.15) is 0 Å². The minimum absolute atomic E-state index is 0.0557. The molecule has 4 unspecified atom stereocenters. The van der Waals surface area contributed by atoms with E-state index in [1.807, 2.05) is 12.1 Å². The zero-order chi connectivity index (χ0) is 16.7. The van der Waals surface area contributed by atoms with Gasteiger partial charge in [0.2, 0.25) is 0 Å². The molecular formula is C22H14O3. The van der Waals surface area contributed by atoms with Crippen LogP contribution in [0.5, 0.6) is 0 Å². The molecule has 120 valence electrons. The molecule has 1 aliphatic heterocycles. The van der Waals surface area contributed by atoms with Crippen molar-refractivity contribution in [1.29, 1.82) is 0 Å². The second kappa shape index (κ2) is 4.37. The van der Waals surface area contributed by atoms with E-state index in [9.17, 15) is 9.59 Å². The molecule has 0 amide bonds. The number of rotatable bonds is 0. The summed E-state index contributed by atoms with van der Waals surface area (Å²) in [5.74, 6) is -1.54. The lowest BCUT2D eigenvalue weighted by Crippen LogP contribution is -2.37. The summed E-state index contributed by atoms with van der Waals surface area (Å²) in [6.45, 7) is 0. The highest BCUT2D eigenvalue weighted by molar-refractivity contribution is 6.01. The Morgan fingerprint density at radius 3 is 1.60 bits per heavy atom. The lowest BCUT2D eigenvalue weighted by molar-refractivity contribution is -0.153. The number of carbonyl (C=O) groups excluding carboxylic acids is 2. The van der Waals surface area contributed by atoms with Gasteiger partial charge in [0.05, 0.1) is 11.8 Å². The van der Waals surface area contributed by atoms with Gasteiger partial charge in [-0.1, -0.05) is 48.6 Å². The summed E-state index contributed by atoms with van der Waals surface area (Å²) >= 11 is 0. The number of esters is 2. The molecule has 3 nitrogen and oxygen atoms in total. The topological polar surface area (TPSA) is 43.4 Å². The van der Waals surface area contributed by atoms with Crippen LogP contribution in [-0.4, -0.2) is 11.9 Å². The fourth-order valence-electron chi connectivity index (χ4n) is 4.95. The molecule has 1 fully saturated rings. The first-order chi connectivity index (χ1) is 12.2. The molecular weight excluding hydrogens is 312 g/mol. The molecule has 25 heavy (non-hydrogen) atoms. The van der Waals surface area contributed by atoms with E-state index in [0.717, 1.165) is 0 Å². The monoisotopic (exact) mass is 326 g/mol. The van der Waals surface area contributed by atoms with E-state index in [1.54, 1.807) is 0 Å². The molecule has 1 heterocycles. The molecule has 0 spiro atoms. The minimum Gasteiger partial charge on any atom is -0.393 e. The highest BCUT2D eigenvalue weighted by Gasteiger charge is 2.56. The number of hydrogen-bond acceptors (Lipinski definition) is 3. The lowest BCUT2D eigenvalue weighted by atomic mass is 9.60. The number of fused-ring (bicyclic) bond motifs is 2. The maximum absolute atomic E-state index is 12.2. The Hall–Kier alpha value is -2.94. The summed E-state index contributed by atoms with van der Waals surface area (Å²) in [6.07, 6.45) is 4.17. The average Bonchev–Trinajstić information content (AvgIpc) is 2.94. The van der Waals surface area contributed by atoms with Gasteiger partial charge in [0.25, 0.3) is 0 Å². The number of benzene rings is 3. The molecule has 2 bridgehead atoms. The van der Waals surface area contributed by atoms with E-state index < -0.39 is 0 Å². The van der Waals surface area contributed by atoms with Gasteiger partial charge in [0, 0.05) is 11.8 Å². The number of hydrogen-bond donors (Lipinski definition) is 0. The Bertz CT molecular complexity index is 1050. The summed E-state index contributed by atoms with van der Waals surface area (Å²) < 4.78 is 4.96. The third-order valence-corrected chi connectivity index (χ3v) is 6.06. The largest absolute Gasteiger partial charge is 0.393 e. The van der Waals surface area contributed by atoms with Crippen molar-refractivity contribution in [1.82, 2.24) is 0 Å². The Labute approximate surface area is 143 Å². The standard InChI is InChI=1S/C22H14O3/c23-21-19-15-5-6-16(20(19)22(24)25-21)18-10-14-8-12-4-2-1-3-11(12)7-13(14)9-17(15)18/h1-10,15-16,19-20H. The first-order valence-corrected chi connectivity index (χ1v) is 8.61. The predicted octanol–water partition coefficient (Wildman–Crippen LogP) is 4.06. The van der Waals surface area contributed by atoms with Crippen molar-refractivity contribution in [2.75, 3.05) is 0 Å². The zero-order valence-corrected chi connectivity index (χ0v) is 13.3. The van der Waals surface area contributed by atoms with Crippen molar-refractivity contribution in [3.05, 3.63) is 71.8 Å². The van der Waals surface area contributed by atoms with Crippen LogP contribution in [0.1, 0.15) is 23.0 Å². The zero-order valence-electron chi connectivity index (χ0n) is 13.3. The van der Waals surface area contributed by atoms with Gasteiger partial charge in [-0.25, -0.2) is 0 Å². The van der Waals surface area contributed by atoms with Crippen LogP contribution in [0.2, 0.25) is 0 Å². The summed E-state index contributed by atoms with van der Waals surface area (Å²) in [5.41, 5.74) is 2.34. The van der Waals surface area contributed by atoms with Crippen LogP contribution in [-0.2, 0) is 14.3 Å². The molecule has 3 aromatic rings. The van der Waals surface area contributed by atoms with Crippen LogP contribution in [0, 0.1) is 11.8 Å². The van der Waals surface area contributed by atoms with E-state index in [-0.39, 0.29) is 35.6 Å². The third-order valence-electron chi connectivity index (χ3n) is 6.06. The van der Waals surface area contributed by atoms with Gasteiger partial charge < -0.3 is 4.74 Å². The Balaban J connectivity index is 1.64. The van der Waals surface area contributed by atoms with E-state index in [4.69, 9.17) is 4.74 Å².